The predicted molar refractivity (Wildman–Crippen MR) is 123 cm³/mol. The molecular formula is C21H29IN4O. The van der Waals surface area contributed by atoms with Crippen LogP contribution >= 0.6 is 24.0 Å². The average Bonchev–Trinajstić information content (AvgIpc) is 3.15. The second kappa shape index (κ2) is 10.5. The van der Waals surface area contributed by atoms with Gasteiger partial charge in [0, 0.05) is 39.1 Å². The lowest BCUT2D eigenvalue weighted by Gasteiger charge is -2.18. The van der Waals surface area contributed by atoms with Crippen LogP contribution in [-0.2, 0) is 11.2 Å². The molecule has 27 heavy (non-hydrogen) atoms. The summed E-state index contributed by atoms with van der Waals surface area (Å²) in [6, 6.07) is 15.3. The van der Waals surface area contributed by atoms with E-state index in [4.69, 9.17) is 0 Å². The van der Waals surface area contributed by atoms with E-state index in [0.717, 1.165) is 38.4 Å². The molecule has 1 aliphatic rings. The molecule has 0 aromatic heterocycles. The third-order valence-corrected chi connectivity index (χ3v) is 4.93. The second-order valence-electron chi connectivity index (χ2n) is 6.75. The first-order chi connectivity index (χ1) is 12.7. The number of likely N-dealkylation sites (tertiary alicyclic amines) is 1. The molecule has 1 fully saturated rings. The largest absolute Gasteiger partial charge is 0.356 e. The molecule has 2 aromatic rings. The fourth-order valence-corrected chi connectivity index (χ4v) is 3.44. The van der Waals surface area contributed by atoms with E-state index in [0.29, 0.717) is 6.42 Å². The zero-order chi connectivity index (χ0) is 18.4. The molecule has 1 unspecified atom stereocenters. The number of carbonyl (C=O) groups excluding carboxylic acids is 1. The molecule has 1 atom stereocenters. The summed E-state index contributed by atoms with van der Waals surface area (Å²) >= 11 is 0. The number of halogens is 1. The molecule has 2 N–H and O–H groups in total. The summed E-state index contributed by atoms with van der Waals surface area (Å²) in [6.45, 7) is 4.33. The highest BCUT2D eigenvalue weighted by Crippen LogP contribution is 2.15. The fraction of sp³-hybridized carbons (Fsp3) is 0.429. The van der Waals surface area contributed by atoms with Gasteiger partial charge in [-0.3, -0.25) is 9.79 Å². The summed E-state index contributed by atoms with van der Waals surface area (Å²) in [6.07, 6.45) is 2.49. The Labute approximate surface area is 178 Å². The van der Waals surface area contributed by atoms with Gasteiger partial charge >= 0.3 is 0 Å². The molecule has 0 bridgehead atoms. The minimum absolute atomic E-state index is 0. The van der Waals surface area contributed by atoms with E-state index in [2.05, 4.69) is 58.1 Å². The van der Waals surface area contributed by atoms with Crippen LogP contribution in [0.4, 0.5) is 0 Å². The predicted octanol–water partition coefficient (Wildman–Crippen LogP) is 3.18. The Balaban J connectivity index is 0.00000261. The normalized spacial score (nSPS) is 16.9. The van der Waals surface area contributed by atoms with Crippen LogP contribution in [0, 0.1) is 0 Å². The van der Waals surface area contributed by atoms with Gasteiger partial charge in [-0.05, 0) is 29.2 Å². The molecule has 1 heterocycles. The maximum atomic E-state index is 11.8. The van der Waals surface area contributed by atoms with E-state index < -0.39 is 0 Å². The monoisotopic (exact) mass is 480 g/mol. The topological polar surface area (TPSA) is 56.7 Å². The third kappa shape index (κ3) is 5.82. The quantitative estimate of drug-likeness (QED) is 0.393. The SMILES string of the molecule is CCC(=O)N1CCC(NC(=NC)NCCc2ccc3ccccc3c2)C1.I. The van der Waals surface area contributed by atoms with Crippen molar-refractivity contribution in [1.29, 1.82) is 0 Å². The van der Waals surface area contributed by atoms with Gasteiger partial charge in [0.2, 0.25) is 5.91 Å². The Morgan fingerprint density at radius 1 is 1.22 bits per heavy atom. The third-order valence-electron chi connectivity index (χ3n) is 4.93. The first-order valence-corrected chi connectivity index (χ1v) is 9.42. The zero-order valence-electron chi connectivity index (χ0n) is 16.1. The van der Waals surface area contributed by atoms with Crippen molar-refractivity contribution >= 4 is 46.6 Å². The minimum Gasteiger partial charge on any atom is -0.356 e. The number of amides is 1. The van der Waals surface area contributed by atoms with Crippen LogP contribution < -0.4 is 10.6 Å². The van der Waals surface area contributed by atoms with Gasteiger partial charge in [0.05, 0.1) is 0 Å². The van der Waals surface area contributed by atoms with Crippen LogP contribution in [0.2, 0.25) is 0 Å². The molecule has 3 rings (SSSR count). The van der Waals surface area contributed by atoms with Crippen molar-refractivity contribution in [2.75, 3.05) is 26.7 Å². The first kappa shape index (κ1) is 21.5. The van der Waals surface area contributed by atoms with E-state index >= 15 is 0 Å². The number of aliphatic imine (C=N–C) groups is 1. The summed E-state index contributed by atoms with van der Waals surface area (Å²) in [4.78, 5) is 18.0. The van der Waals surface area contributed by atoms with Crippen LogP contribution in [0.3, 0.4) is 0 Å². The molecule has 0 spiro atoms. The van der Waals surface area contributed by atoms with Crippen LogP contribution in [0.15, 0.2) is 47.5 Å². The maximum Gasteiger partial charge on any atom is 0.222 e. The maximum absolute atomic E-state index is 11.8. The molecule has 1 amide bonds. The number of nitrogens with one attached hydrogen (secondary N) is 2. The van der Waals surface area contributed by atoms with E-state index in [-0.39, 0.29) is 35.9 Å². The summed E-state index contributed by atoms with van der Waals surface area (Å²) < 4.78 is 0. The van der Waals surface area contributed by atoms with E-state index in [9.17, 15) is 4.79 Å². The van der Waals surface area contributed by atoms with Gasteiger partial charge in [0.1, 0.15) is 0 Å². The summed E-state index contributed by atoms with van der Waals surface area (Å²) in [5.41, 5.74) is 1.31. The molecule has 6 heteroatoms. The van der Waals surface area contributed by atoms with Crippen molar-refractivity contribution < 1.29 is 4.79 Å². The number of rotatable bonds is 5. The van der Waals surface area contributed by atoms with E-state index in [1.54, 1.807) is 7.05 Å². The molecule has 0 saturated carbocycles. The number of hydrogen-bond acceptors (Lipinski definition) is 2. The average molecular weight is 480 g/mol. The van der Waals surface area contributed by atoms with E-state index in [1.807, 2.05) is 11.8 Å². The van der Waals surface area contributed by atoms with Crippen LogP contribution in [0.1, 0.15) is 25.3 Å². The Morgan fingerprint density at radius 2 is 2.00 bits per heavy atom. The van der Waals surface area contributed by atoms with Gasteiger partial charge in [0.15, 0.2) is 5.96 Å². The first-order valence-electron chi connectivity index (χ1n) is 9.42. The Kier molecular flexibility index (Phi) is 8.34. The van der Waals surface area contributed by atoms with Gasteiger partial charge in [-0.25, -0.2) is 0 Å². The second-order valence-corrected chi connectivity index (χ2v) is 6.75. The van der Waals surface area contributed by atoms with E-state index in [1.165, 1.54) is 16.3 Å². The molecule has 1 aliphatic heterocycles. The van der Waals surface area contributed by atoms with Crippen molar-refractivity contribution in [2.24, 2.45) is 4.99 Å². The highest BCUT2D eigenvalue weighted by molar-refractivity contribution is 14.0. The van der Waals surface area contributed by atoms with Crippen LogP contribution in [0.25, 0.3) is 10.8 Å². The fourth-order valence-electron chi connectivity index (χ4n) is 3.44. The summed E-state index contributed by atoms with van der Waals surface area (Å²) in [7, 11) is 1.79. The number of guanidine groups is 1. The minimum atomic E-state index is 0. The van der Waals surface area contributed by atoms with Gasteiger partial charge < -0.3 is 15.5 Å². The van der Waals surface area contributed by atoms with Crippen molar-refractivity contribution in [1.82, 2.24) is 15.5 Å². The molecule has 146 valence electrons. The molecule has 2 aromatic carbocycles. The van der Waals surface area contributed by atoms with Crippen LogP contribution in [-0.4, -0.2) is 49.5 Å². The Bertz CT molecular complexity index is 793. The highest BCUT2D eigenvalue weighted by atomic mass is 127. The number of fused-ring (bicyclic) bond motifs is 1. The lowest BCUT2D eigenvalue weighted by Crippen LogP contribution is -2.45. The van der Waals surface area contributed by atoms with Crippen molar-refractivity contribution in [3.63, 3.8) is 0 Å². The van der Waals surface area contributed by atoms with Gasteiger partial charge in [0.25, 0.3) is 0 Å². The Hall–Kier alpha value is -1.83. The van der Waals surface area contributed by atoms with Gasteiger partial charge in [-0.15, -0.1) is 24.0 Å². The smallest absolute Gasteiger partial charge is 0.222 e. The summed E-state index contributed by atoms with van der Waals surface area (Å²) in [5, 5.41) is 9.37. The van der Waals surface area contributed by atoms with Crippen LogP contribution in [0.5, 0.6) is 0 Å². The number of hydrogen-bond donors (Lipinski definition) is 2. The van der Waals surface area contributed by atoms with Gasteiger partial charge in [-0.1, -0.05) is 49.4 Å². The molecule has 1 saturated heterocycles. The number of benzene rings is 2. The number of carbonyl (C=O) groups is 1. The van der Waals surface area contributed by atoms with Gasteiger partial charge in [-0.2, -0.15) is 0 Å². The zero-order valence-corrected chi connectivity index (χ0v) is 18.4. The number of nitrogens with zero attached hydrogens (tertiary/aromatic N) is 2. The highest BCUT2D eigenvalue weighted by Gasteiger charge is 2.25. The van der Waals surface area contributed by atoms with Crippen molar-refractivity contribution in [3.8, 4) is 0 Å². The molecule has 0 aliphatic carbocycles. The Morgan fingerprint density at radius 3 is 2.74 bits per heavy atom. The lowest BCUT2D eigenvalue weighted by atomic mass is 10.1. The molecule has 5 nitrogen and oxygen atoms in total. The lowest BCUT2D eigenvalue weighted by molar-refractivity contribution is -0.129. The molecule has 0 radical (unpaired) electrons. The standard InChI is InChI=1S/C21H28N4O.HI/c1-3-20(26)25-13-11-19(15-25)24-21(22-2)23-12-10-16-8-9-17-6-4-5-7-18(17)14-16;/h4-9,14,19H,3,10-13,15H2,1-2H3,(H2,22,23,24);1H. The summed E-state index contributed by atoms with van der Waals surface area (Å²) in [5.74, 6) is 1.04. The molecular weight excluding hydrogens is 451 g/mol. The van der Waals surface area contributed by atoms with Crippen molar-refractivity contribution in [2.45, 2.75) is 32.2 Å². The van der Waals surface area contributed by atoms with Crippen molar-refractivity contribution in [3.05, 3.63) is 48.0 Å².